The van der Waals surface area contributed by atoms with E-state index in [4.69, 9.17) is 5.73 Å². The number of hydrogen-bond acceptors (Lipinski definition) is 3. The van der Waals surface area contributed by atoms with Crippen LogP contribution in [0.2, 0.25) is 0 Å². The maximum Gasteiger partial charge on any atom is 0.316 e. The van der Waals surface area contributed by atoms with Gasteiger partial charge in [0.2, 0.25) is 5.70 Å². The van der Waals surface area contributed by atoms with Crippen molar-refractivity contribution in [1.29, 1.82) is 0 Å². The summed E-state index contributed by atoms with van der Waals surface area (Å²) in [5, 5.41) is 13.5. The maximum atomic E-state index is 15.4. The molecule has 0 unspecified atom stereocenters. The summed E-state index contributed by atoms with van der Waals surface area (Å²) in [7, 11) is 0. The largest absolute Gasteiger partial charge is 0.351 e. The zero-order valence-electron chi connectivity index (χ0n) is 16.7. The third-order valence-corrected chi connectivity index (χ3v) is 4.56. The second-order valence-electron chi connectivity index (χ2n) is 6.58. The van der Waals surface area contributed by atoms with Crippen LogP contribution in [0.4, 0.5) is 14.9 Å². The van der Waals surface area contributed by atoms with Crippen LogP contribution in [0, 0.1) is 15.9 Å². The third kappa shape index (κ3) is 5.51. The lowest BCUT2D eigenvalue weighted by atomic mass is 9.92. The Morgan fingerprint density at radius 1 is 1.21 bits per heavy atom. The highest BCUT2D eigenvalue weighted by atomic mass is 19.1. The van der Waals surface area contributed by atoms with E-state index in [1.165, 1.54) is 13.0 Å². The van der Waals surface area contributed by atoms with E-state index in [1.807, 2.05) is 13.0 Å². The Bertz CT molecular complexity index is 980. The lowest BCUT2D eigenvalue weighted by molar-refractivity contribution is -0.424. The van der Waals surface area contributed by atoms with E-state index >= 15 is 4.39 Å². The Kier molecular flexibility index (Phi) is 7.25. The predicted molar refractivity (Wildman–Crippen MR) is 113 cm³/mol. The zero-order chi connectivity index (χ0) is 21.6. The average molecular weight is 397 g/mol. The number of benzene rings is 2. The molecule has 29 heavy (non-hydrogen) atoms. The summed E-state index contributed by atoms with van der Waals surface area (Å²) in [4.78, 5) is 21.4. The first-order valence-corrected chi connectivity index (χ1v) is 9.21. The van der Waals surface area contributed by atoms with E-state index in [2.05, 4.69) is 5.32 Å². The number of carbonyl (C=O) groups is 1. The van der Waals surface area contributed by atoms with Crippen LogP contribution >= 0.6 is 0 Å². The third-order valence-electron chi connectivity index (χ3n) is 4.56. The highest BCUT2D eigenvalue weighted by Crippen LogP contribution is 2.29. The SMILES string of the molecule is C/C=C(\C=C(/C)[N+](=O)[O-])c1c(CC)ccc(Cc2ccc(NC(N)=O)cc2)c1F. The van der Waals surface area contributed by atoms with Gasteiger partial charge in [0.25, 0.3) is 0 Å². The molecule has 3 N–H and O–H groups in total. The molecule has 0 aliphatic carbocycles. The van der Waals surface area contributed by atoms with Gasteiger partial charge < -0.3 is 11.1 Å². The second kappa shape index (κ2) is 9.64. The topological polar surface area (TPSA) is 98.3 Å². The number of nitrogens with zero attached hydrogens (tertiary/aromatic N) is 1. The number of amides is 2. The normalized spacial score (nSPS) is 12.0. The fourth-order valence-corrected chi connectivity index (χ4v) is 3.05. The number of hydrogen-bond donors (Lipinski definition) is 2. The van der Waals surface area contributed by atoms with Gasteiger partial charge >= 0.3 is 6.03 Å². The van der Waals surface area contributed by atoms with Crippen LogP contribution in [0.15, 0.2) is 54.2 Å². The van der Waals surface area contributed by atoms with Crippen LogP contribution in [0.25, 0.3) is 5.57 Å². The van der Waals surface area contributed by atoms with Gasteiger partial charge in [0.05, 0.1) is 4.92 Å². The minimum Gasteiger partial charge on any atom is -0.351 e. The second-order valence-corrected chi connectivity index (χ2v) is 6.58. The minimum absolute atomic E-state index is 0.0532. The van der Waals surface area contributed by atoms with Crippen molar-refractivity contribution in [2.45, 2.75) is 33.6 Å². The first-order valence-electron chi connectivity index (χ1n) is 9.21. The molecule has 0 atom stereocenters. The number of nitro groups is 1. The molecule has 2 aromatic rings. The number of halogens is 1. The molecule has 2 aromatic carbocycles. The monoisotopic (exact) mass is 397 g/mol. The van der Waals surface area contributed by atoms with Crippen molar-refractivity contribution >= 4 is 17.3 Å². The Morgan fingerprint density at radius 3 is 2.34 bits per heavy atom. The van der Waals surface area contributed by atoms with Gasteiger partial charge in [-0.2, -0.15) is 0 Å². The van der Waals surface area contributed by atoms with Gasteiger partial charge in [0.15, 0.2) is 0 Å². The van der Waals surface area contributed by atoms with Crippen LogP contribution in [-0.2, 0) is 12.8 Å². The number of aryl methyl sites for hydroxylation is 1. The number of primary amides is 1. The Labute approximate surface area is 169 Å². The first kappa shape index (κ1) is 21.8. The highest BCUT2D eigenvalue weighted by molar-refractivity contribution is 5.87. The molecule has 0 bridgehead atoms. The minimum atomic E-state index is -0.652. The molecular formula is C22H24FN3O3. The summed E-state index contributed by atoms with van der Waals surface area (Å²) in [5.41, 5.74) is 8.59. The van der Waals surface area contributed by atoms with E-state index in [9.17, 15) is 14.9 Å². The summed E-state index contributed by atoms with van der Waals surface area (Å²) in [5.74, 6) is -0.385. The van der Waals surface area contributed by atoms with Crippen molar-refractivity contribution in [1.82, 2.24) is 0 Å². The van der Waals surface area contributed by atoms with Crippen molar-refractivity contribution in [3.63, 3.8) is 0 Å². The number of rotatable bonds is 7. The van der Waals surface area contributed by atoms with Crippen LogP contribution in [0.5, 0.6) is 0 Å². The van der Waals surface area contributed by atoms with E-state index < -0.39 is 11.0 Å². The Hall–Kier alpha value is -3.48. The summed E-state index contributed by atoms with van der Waals surface area (Å²) >= 11 is 0. The number of urea groups is 1. The van der Waals surface area contributed by atoms with Crippen molar-refractivity contribution in [3.8, 4) is 0 Å². The van der Waals surface area contributed by atoms with Crippen LogP contribution in [-0.4, -0.2) is 11.0 Å². The van der Waals surface area contributed by atoms with E-state index in [0.717, 1.165) is 11.1 Å². The highest BCUT2D eigenvalue weighted by Gasteiger charge is 2.17. The summed E-state index contributed by atoms with van der Waals surface area (Å²) in [6.07, 6.45) is 4.02. The smallest absolute Gasteiger partial charge is 0.316 e. The fourth-order valence-electron chi connectivity index (χ4n) is 3.05. The van der Waals surface area contributed by atoms with Gasteiger partial charge in [-0.3, -0.25) is 10.1 Å². The van der Waals surface area contributed by atoms with Crippen molar-refractivity contribution in [2.24, 2.45) is 5.73 Å². The molecule has 0 radical (unpaired) electrons. The molecule has 0 aliphatic rings. The fraction of sp³-hybridized carbons (Fsp3) is 0.227. The molecule has 0 saturated carbocycles. The van der Waals surface area contributed by atoms with Gasteiger partial charge in [0, 0.05) is 30.7 Å². The molecule has 0 aliphatic heterocycles. The van der Waals surface area contributed by atoms with Gasteiger partial charge in [-0.1, -0.05) is 37.3 Å². The molecule has 0 aromatic heterocycles. The molecule has 7 heteroatoms. The summed E-state index contributed by atoms with van der Waals surface area (Å²) < 4.78 is 15.4. The Balaban J connectivity index is 2.43. The van der Waals surface area contributed by atoms with E-state index in [0.29, 0.717) is 35.2 Å². The summed E-state index contributed by atoms with van der Waals surface area (Å²) in [6.45, 7) is 5.04. The number of allylic oxidation sites excluding steroid dienone is 4. The molecule has 0 saturated heterocycles. The van der Waals surface area contributed by atoms with E-state index in [-0.39, 0.29) is 11.5 Å². The van der Waals surface area contributed by atoms with E-state index in [1.54, 1.807) is 43.3 Å². The molecule has 2 amide bonds. The number of anilines is 1. The standard InChI is InChI=1S/C22H24FN3O3/c1-4-16-8-9-18(13-15-6-10-19(11-7-15)25-22(24)27)21(23)20(16)17(5-2)12-14(3)26(28)29/h5-12H,4,13H2,1-3H3,(H3,24,25,27)/b14-12+,17-5+. The number of carbonyl (C=O) groups excluding carboxylic acids is 1. The van der Waals surface area contributed by atoms with Gasteiger partial charge in [0.1, 0.15) is 5.82 Å². The zero-order valence-corrected chi connectivity index (χ0v) is 16.7. The lowest BCUT2D eigenvalue weighted by Gasteiger charge is -2.14. The molecule has 2 rings (SSSR count). The molecule has 0 spiro atoms. The lowest BCUT2D eigenvalue weighted by Crippen LogP contribution is -2.19. The first-order chi connectivity index (χ1) is 13.8. The quantitative estimate of drug-likeness (QED) is 0.388. The van der Waals surface area contributed by atoms with Gasteiger partial charge in [-0.15, -0.1) is 0 Å². The van der Waals surface area contributed by atoms with Crippen LogP contribution in [0.3, 0.4) is 0 Å². The van der Waals surface area contributed by atoms with Crippen LogP contribution < -0.4 is 11.1 Å². The van der Waals surface area contributed by atoms with Gasteiger partial charge in [-0.25, -0.2) is 9.18 Å². The predicted octanol–water partition coefficient (Wildman–Crippen LogP) is 5.05. The molecule has 152 valence electrons. The summed E-state index contributed by atoms with van der Waals surface area (Å²) in [6, 6.07) is 9.90. The number of nitrogens with two attached hydrogens (primary N) is 1. The average Bonchev–Trinajstić information content (AvgIpc) is 2.68. The van der Waals surface area contributed by atoms with Crippen molar-refractivity contribution in [3.05, 3.63) is 92.4 Å². The molecular weight excluding hydrogens is 373 g/mol. The van der Waals surface area contributed by atoms with Gasteiger partial charge in [-0.05, 0) is 47.7 Å². The Morgan fingerprint density at radius 2 is 1.83 bits per heavy atom. The molecule has 6 nitrogen and oxygen atoms in total. The van der Waals surface area contributed by atoms with Crippen LogP contribution in [0.1, 0.15) is 43.0 Å². The maximum absolute atomic E-state index is 15.4. The van der Waals surface area contributed by atoms with Crippen molar-refractivity contribution < 1.29 is 14.1 Å². The van der Waals surface area contributed by atoms with Crippen molar-refractivity contribution in [2.75, 3.05) is 5.32 Å². The molecule has 0 heterocycles. The number of nitrogens with one attached hydrogen (secondary N) is 1. The molecule has 0 fully saturated rings.